The molecule has 0 fully saturated rings. The molecule has 0 atom stereocenters. The first-order chi connectivity index (χ1) is 4.93. The predicted octanol–water partition coefficient (Wildman–Crippen LogP) is 0.828. The van der Waals surface area contributed by atoms with Crippen molar-refractivity contribution in [2.75, 3.05) is 0 Å². The molecule has 10 heavy (non-hydrogen) atoms. The van der Waals surface area contributed by atoms with Crippen LogP contribution in [0.4, 0.5) is 0 Å². The predicted molar refractivity (Wildman–Crippen MR) is 41.1 cm³/mol. The number of hydrogen-bond donors (Lipinski definition) is 1. The molecule has 1 aromatic rings. The van der Waals surface area contributed by atoms with Gasteiger partial charge in [0.2, 0.25) is 6.41 Å². The van der Waals surface area contributed by atoms with Gasteiger partial charge in [0.25, 0.3) is 0 Å². The molecule has 1 N–H and O–H groups in total. The van der Waals surface area contributed by atoms with Gasteiger partial charge in [-0.25, -0.2) is 5.43 Å². The van der Waals surface area contributed by atoms with Crippen LogP contribution in [0, 0.1) is 0 Å². The second kappa shape index (κ2) is 3.79. The largest absolute Gasteiger partial charge is 0.277 e. The molecule has 52 valence electrons. The van der Waals surface area contributed by atoms with E-state index < -0.39 is 0 Å². The summed E-state index contributed by atoms with van der Waals surface area (Å²) in [6.45, 7) is 0. The number of thiophene rings is 1. The summed E-state index contributed by atoms with van der Waals surface area (Å²) in [5, 5.41) is 5.55. The smallest absolute Gasteiger partial charge is 0.227 e. The Morgan fingerprint density at radius 2 is 2.60 bits per heavy atom. The summed E-state index contributed by atoms with van der Waals surface area (Å²) in [5.41, 5.74) is 2.18. The Balaban J connectivity index is 2.47. The van der Waals surface area contributed by atoms with Crippen LogP contribution in [0.5, 0.6) is 0 Å². The van der Waals surface area contributed by atoms with Crippen molar-refractivity contribution in [1.29, 1.82) is 0 Å². The molecule has 0 unspecified atom stereocenters. The van der Waals surface area contributed by atoms with Crippen LogP contribution in [0.2, 0.25) is 0 Å². The highest BCUT2D eigenvalue weighted by Gasteiger charge is 1.83. The Hall–Kier alpha value is -1.16. The molecule has 0 saturated heterocycles. The number of carbonyl (C=O) groups excluding carboxylic acids is 1. The lowest BCUT2D eigenvalue weighted by molar-refractivity contribution is -0.109. The maximum atomic E-state index is 9.71. The fourth-order valence-electron chi connectivity index (χ4n) is 0.496. The summed E-state index contributed by atoms with van der Waals surface area (Å²) in [5.74, 6) is 0. The monoisotopic (exact) mass is 154 g/mol. The van der Waals surface area contributed by atoms with Gasteiger partial charge in [-0.3, -0.25) is 4.79 Å². The molecule has 1 amide bonds. The number of nitrogens with one attached hydrogen (secondary N) is 1. The SMILES string of the molecule is O=CN/N=C\c1cccs1. The van der Waals surface area contributed by atoms with Crippen molar-refractivity contribution in [1.82, 2.24) is 5.43 Å². The van der Waals surface area contributed by atoms with Gasteiger partial charge >= 0.3 is 0 Å². The van der Waals surface area contributed by atoms with E-state index in [1.165, 1.54) is 0 Å². The number of hydrogen-bond acceptors (Lipinski definition) is 3. The van der Waals surface area contributed by atoms with Crippen molar-refractivity contribution < 1.29 is 4.79 Å². The second-order valence-electron chi connectivity index (χ2n) is 1.52. The summed E-state index contributed by atoms with van der Waals surface area (Å²) in [6.07, 6.45) is 2.13. The fourth-order valence-corrected chi connectivity index (χ4v) is 1.08. The number of rotatable bonds is 3. The Morgan fingerprint density at radius 3 is 3.20 bits per heavy atom. The first-order valence-electron chi connectivity index (χ1n) is 2.69. The maximum absolute atomic E-state index is 9.71. The summed E-state index contributed by atoms with van der Waals surface area (Å²) in [4.78, 5) is 10.7. The minimum Gasteiger partial charge on any atom is -0.277 e. The maximum Gasteiger partial charge on any atom is 0.227 e. The zero-order valence-electron chi connectivity index (χ0n) is 5.15. The van der Waals surface area contributed by atoms with E-state index in [9.17, 15) is 4.79 Å². The first kappa shape index (κ1) is 6.95. The van der Waals surface area contributed by atoms with Gasteiger partial charge in [-0.15, -0.1) is 11.3 Å². The van der Waals surface area contributed by atoms with Crippen LogP contribution in [0.25, 0.3) is 0 Å². The summed E-state index contributed by atoms with van der Waals surface area (Å²) in [6, 6.07) is 3.84. The van der Waals surface area contributed by atoms with Crippen LogP contribution in [-0.2, 0) is 4.79 Å². The van der Waals surface area contributed by atoms with E-state index in [0.717, 1.165) is 4.88 Å². The molecule has 4 heteroatoms. The van der Waals surface area contributed by atoms with E-state index in [2.05, 4.69) is 10.5 Å². The molecule has 0 aliphatic rings. The normalized spacial score (nSPS) is 10.0. The van der Waals surface area contributed by atoms with Crippen molar-refractivity contribution in [2.45, 2.75) is 0 Å². The average Bonchev–Trinajstić information content (AvgIpc) is 2.41. The number of carbonyl (C=O) groups is 1. The number of amides is 1. The minimum atomic E-state index is 0.532. The topological polar surface area (TPSA) is 41.5 Å². The Morgan fingerprint density at radius 1 is 1.70 bits per heavy atom. The average molecular weight is 154 g/mol. The summed E-state index contributed by atoms with van der Waals surface area (Å²) in [7, 11) is 0. The molecule has 0 bridgehead atoms. The van der Waals surface area contributed by atoms with Crippen LogP contribution in [0.3, 0.4) is 0 Å². The third kappa shape index (κ3) is 1.99. The van der Waals surface area contributed by atoms with Gasteiger partial charge in [-0.2, -0.15) is 5.10 Å². The van der Waals surface area contributed by atoms with Gasteiger partial charge < -0.3 is 0 Å². The van der Waals surface area contributed by atoms with Crippen molar-refractivity contribution >= 4 is 24.0 Å². The third-order valence-electron chi connectivity index (χ3n) is 0.862. The molecule has 0 saturated carbocycles. The fraction of sp³-hybridized carbons (Fsp3) is 0. The lowest BCUT2D eigenvalue weighted by atomic mass is 10.5. The lowest BCUT2D eigenvalue weighted by Crippen LogP contribution is -1.99. The lowest BCUT2D eigenvalue weighted by Gasteiger charge is -1.81. The van der Waals surface area contributed by atoms with Gasteiger partial charge in [0.1, 0.15) is 0 Å². The molecule has 3 nitrogen and oxygen atoms in total. The summed E-state index contributed by atoms with van der Waals surface area (Å²) < 4.78 is 0. The van der Waals surface area contributed by atoms with E-state index in [0.29, 0.717) is 6.41 Å². The molecule has 0 radical (unpaired) electrons. The molecule has 0 aromatic carbocycles. The van der Waals surface area contributed by atoms with Crippen LogP contribution in [0.1, 0.15) is 4.88 Å². The van der Waals surface area contributed by atoms with Crippen LogP contribution in [-0.4, -0.2) is 12.6 Å². The van der Waals surface area contributed by atoms with Gasteiger partial charge in [0.05, 0.1) is 6.21 Å². The first-order valence-corrected chi connectivity index (χ1v) is 3.57. The van der Waals surface area contributed by atoms with Crippen molar-refractivity contribution in [2.24, 2.45) is 5.10 Å². The highest BCUT2D eigenvalue weighted by Crippen LogP contribution is 2.03. The molecule has 0 aliphatic heterocycles. The van der Waals surface area contributed by atoms with Gasteiger partial charge in [0.15, 0.2) is 0 Å². The molecular formula is C6H6N2OS. The Labute approximate surface area is 62.4 Å². The molecule has 1 heterocycles. The summed E-state index contributed by atoms with van der Waals surface area (Å²) >= 11 is 1.57. The highest BCUT2D eigenvalue weighted by atomic mass is 32.1. The second-order valence-corrected chi connectivity index (χ2v) is 2.50. The van der Waals surface area contributed by atoms with Gasteiger partial charge in [-0.05, 0) is 11.4 Å². The molecular weight excluding hydrogens is 148 g/mol. The number of hydrazone groups is 1. The van der Waals surface area contributed by atoms with Crippen molar-refractivity contribution in [3.8, 4) is 0 Å². The van der Waals surface area contributed by atoms with E-state index in [1.54, 1.807) is 17.6 Å². The number of nitrogens with zero attached hydrogens (tertiary/aromatic N) is 1. The minimum absolute atomic E-state index is 0.532. The van der Waals surface area contributed by atoms with E-state index in [-0.39, 0.29) is 0 Å². The molecule has 0 spiro atoms. The zero-order valence-corrected chi connectivity index (χ0v) is 5.97. The van der Waals surface area contributed by atoms with Gasteiger partial charge in [-0.1, -0.05) is 6.07 Å². The molecule has 1 rings (SSSR count). The standard InChI is InChI=1S/C6H6N2OS/c9-5-8-7-4-6-2-1-3-10-6/h1-5H,(H,8,9)/b7-4-. The molecule has 1 aromatic heterocycles. The highest BCUT2D eigenvalue weighted by molar-refractivity contribution is 7.11. The van der Waals surface area contributed by atoms with Crippen LogP contribution in [0.15, 0.2) is 22.6 Å². The van der Waals surface area contributed by atoms with Crippen LogP contribution >= 0.6 is 11.3 Å². The van der Waals surface area contributed by atoms with Crippen LogP contribution < -0.4 is 5.43 Å². The third-order valence-corrected chi connectivity index (χ3v) is 1.67. The Kier molecular flexibility index (Phi) is 2.63. The quantitative estimate of drug-likeness (QED) is 0.391. The van der Waals surface area contributed by atoms with E-state index in [1.807, 2.05) is 17.5 Å². The zero-order chi connectivity index (χ0) is 7.23. The van der Waals surface area contributed by atoms with Crippen molar-refractivity contribution in [3.63, 3.8) is 0 Å². The molecule has 0 aliphatic carbocycles. The van der Waals surface area contributed by atoms with E-state index >= 15 is 0 Å². The van der Waals surface area contributed by atoms with Crippen molar-refractivity contribution in [3.05, 3.63) is 22.4 Å². The van der Waals surface area contributed by atoms with E-state index in [4.69, 9.17) is 0 Å². The Bertz CT molecular complexity index is 218. The van der Waals surface area contributed by atoms with Gasteiger partial charge in [0, 0.05) is 4.88 Å².